The van der Waals surface area contributed by atoms with Crippen LogP contribution in [0.15, 0.2) is 0 Å². The van der Waals surface area contributed by atoms with Crippen LogP contribution in [0.2, 0.25) is 0 Å². The molecule has 0 saturated heterocycles. The normalized spacial score (nSPS) is 14.9. The molecule has 0 aliphatic rings. The van der Waals surface area contributed by atoms with Crippen molar-refractivity contribution in [3.8, 4) is 23.7 Å². The summed E-state index contributed by atoms with van der Waals surface area (Å²) in [4.78, 5) is 0. The highest BCUT2D eigenvalue weighted by Gasteiger charge is 2.95. The van der Waals surface area contributed by atoms with E-state index < -0.39 is 60.7 Å². The number of aliphatic hydroxyl groups excluding tert-OH is 1. The number of hydrogen-bond donors (Lipinski definition) is 1. The Labute approximate surface area is 165 Å². The summed E-state index contributed by atoms with van der Waals surface area (Å²) in [6.45, 7) is -0.766. The minimum Gasteiger partial charge on any atom is -0.395 e. The molecular weight excluding hydrogens is 507 g/mol. The van der Waals surface area contributed by atoms with Gasteiger partial charge < -0.3 is 5.11 Å². The Morgan fingerprint density at radius 1 is 0.469 bits per heavy atom. The first kappa shape index (κ1) is 29.9. The number of aliphatic hydroxyl groups is 1. The predicted octanol–water partition coefficient (Wildman–Crippen LogP) is 5.39. The Kier molecular flexibility index (Phi) is 7.80. The lowest BCUT2D eigenvalue weighted by molar-refractivity contribution is -0.459. The third-order valence-corrected chi connectivity index (χ3v) is 3.33. The molecule has 0 aromatic rings. The summed E-state index contributed by atoms with van der Waals surface area (Å²) in [5, 5.41) is 8.24. The van der Waals surface area contributed by atoms with Gasteiger partial charge in [0.05, 0.1) is 6.61 Å². The molecule has 186 valence electrons. The Balaban J connectivity index is 6.63. The summed E-state index contributed by atoms with van der Waals surface area (Å²) in [7, 11) is 0. The number of rotatable bonds is 7. The Morgan fingerprint density at radius 3 is 1.16 bits per heavy atom. The minimum atomic E-state index is -8.67. The zero-order valence-electron chi connectivity index (χ0n) is 14.3. The molecule has 0 rings (SSSR count). The highest BCUT2D eigenvalue weighted by atomic mass is 19.4. The van der Waals surface area contributed by atoms with Crippen molar-refractivity contribution in [2.24, 2.45) is 0 Å². The molecule has 18 heteroatoms. The number of hydrogen-bond acceptors (Lipinski definition) is 1. The van der Waals surface area contributed by atoms with Crippen LogP contribution >= 0.6 is 0 Å². The van der Waals surface area contributed by atoms with Gasteiger partial charge in [-0.3, -0.25) is 0 Å². The van der Waals surface area contributed by atoms with Crippen molar-refractivity contribution in [3.05, 3.63) is 0 Å². The molecule has 0 aliphatic heterocycles. The van der Waals surface area contributed by atoms with Crippen LogP contribution in [0.25, 0.3) is 0 Å². The number of alkyl halides is 17. The molecule has 1 N–H and O–H groups in total. The van der Waals surface area contributed by atoms with Gasteiger partial charge in [-0.15, -0.1) is 0 Å². The third kappa shape index (κ3) is 4.25. The monoisotopic (exact) mass is 512 g/mol. The van der Waals surface area contributed by atoms with Crippen LogP contribution in [0.1, 0.15) is 6.42 Å². The average Bonchev–Trinajstić information content (AvgIpc) is 2.59. The van der Waals surface area contributed by atoms with Gasteiger partial charge in [-0.1, -0.05) is 5.92 Å². The Morgan fingerprint density at radius 2 is 0.812 bits per heavy atom. The standard InChI is InChI=1S/C14H5F17O/c15-7(16,5-3-1-2-4-6-32)8(17,18)9(19,20)10(21,22)11(23,24)12(25,26)13(27,28)14(29,30)31/h32H,4,6H2. The van der Waals surface area contributed by atoms with Crippen molar-refractivity contribution in [3.63, 3.8) is 0 Å². The fourth-order valence-electron chi connectivity index (χ4n) is 1.51. The topological polar surface area (TPSA) is 20.2 Å². The molecule has 32 heavy (non-hydrogen) atoms. The van der Waals surface area contributed by atoms with Gasteiger partial charge in [0.2, 0.25) is 0 Å². The van der Waals surface area contributed by atoms with Crippen molar-refractivity contribution in [1.82, 2.24) is 0 Å². The highest BCUT2D eigenvalue weighted by molar-refractivity contribution is 5.31. The Bertz CT molecular complexity index is 799. The zero-order chi connectivity index (χ0) is 26.2. The molecule has 0 fully saturated rings. The highest BCUT2D eigenvalue weighted by Crippen LogP contribution is 2.63. The molecule has 0 unspecified atom stereocenters. The molecule has 0 aromatic carbocycles. The van der Waals surface area contributed by atoms with Gasteiger partial charge in [-0.25, -0.2) is 0 Å². The molecule has 0 spiro atoms. The smallest absolute Gasteiger partial charge is 0.395 e. The summed E-state index contributed by atoms with van der Waals surface area (Å²) in [6.07, 6.45) is -8.37. The SMILES string of the molecule is OCCC#CC#CC(F)(F)C(F)(F)C(F)(F)C(F)(F)C(F)(F)C(F)(F)C(F)(F)C(F)(F)F. The van der Waals surface area contributed by atoms with E-state index in [2.05, 4.69) is 0 Å². The minimum absolute atomic E-state index is 0.181. The molecule has 0 bridgehead atoms. The predicted molar refractivity (Wildman–Crippen MR) is 67.9 cm³/mol. The van der Waals surface area contributed by atoms with Crippen LogP contribution < -0.4 is 0 Å². The molecule has 0 aliphatic carbocycles. The molecule has 0 heterocycles. The van der Waals surface area contributed by atoms with Crippen LogP contribution in [0.3, 0.4) is 0 Å². The first-order valence-corrected chi connectivity index (χ1v) is 7.13. The van der Waals surface area contributed by atoms with Crippen LogP contribution in [0.5, 0.6) is 0 Å². The summed E-state index contributed by atoms with van der Waals surface area (Å²) in [6, 6.07) is 0. The molecule has 0 saturated carbocycles. The lowest BCUT2D eigenvalue weighted by Gasteiger charge is -2.42. The second-order valence-corrected chi connectivity index (χ2v) is 5.54. The quantitative estimate of drug-likeness (QED) is 0.359. The molecular formula is C14H5F17O. The molecule has 0 radical (unpaired) electrons. The summed E-state index contributed by atoms with van der Waals surface area (Å²) in [5.41, 5.74) is 0. The van der Waals surface area contributed by atoms with Crippen molar-refractivity contribution >= 4 is 0 Å². The molecule has 0 aromatic heterocycles. The first-order valence-electron chi connectivity index (χ1n) is 7.13. The van der Waals surface area contributed by atoms with Crippen molar-refractivity contribution in [1.29, 1.82) is 0 Å². The fraction of sp³-hybridized carbons (Fsp3) is 0.714. The molecule has 0 atom stereocenters. The summed E-state index contributed by atoms with van der Waals surface area (Å²) < 4.78 is 220. The van der Waals surface area contributed by atoms with E-state index in [4.69, 9.17) is 5.11 Å². The van der Waals surface area contributed by atoms with E-state index in [1.54, 1.807) is 5.92 Å². The van der Waals surface area contributed by atoms with Crippen molar-refractivity contribution in [2.75, 3.05) is 6.61 Å². The lowest BCUT2D eigenvalue weighted by Crippen LogP contribution is -2.74. The second-order valence-electron chi connectivity index (χ2n) is 5.54. The largest absolute Gasteiger partial charge is 0.460 e. The maximum Gasteiger partial charge on any atom is 0.460 e. The summed E-state index contributed by atoms with van der Waals surface area (Å²) >= 11 is 0. The van der Waals surface area contributed by atoms with E-state index in [0.717, 1.165) is 0 Å². The van der Waals surface area contributed by atoms with Gasteiger partial charge in [0.1, 0.15) is 0 Å². The molecule has 1 nitrogen and oxygen atoms in total. The molecule has 0 amide bonds. The van der Waals surface area contributed by atoms with Crippen LogP contribution in [-0.2, 0) is 0 Å². The average molecular weight is 512 g/mol. The van der Waals surface area contributed by atoms with Gasteiger partial charge >= 0.3 is 47.6 Å². The first-order chi connectivity index (χ1) is 13.8. The zero-order valence-corrected chi connectivity index (χ0v) is 14.3. The van der Waals surface area contributed by atoms with E-state index in [1.165, 1.54) is 5.92 Å². The van der Waals surface area contributed by atoms with E-state index in [9.17, 15) is 74.6 Å². The van der Waals surface area contributed by atoms with Gasteiger partial charge in [0.25, 0.3) is 0 Å². The van der Waals surface area contributed by atoms with Crippen molar-refractivity contribution < 1.29 is 79.7 Å². The van der Waals surface area contributed by atoms with Gasteiger partial charge in [-0.05, 0) is 17.8 Å². The lowest BCUT2D eigenvalue weighted by atomic mass is 9.89. The maximum atomic E-state index is 13.4. The van der Waals surface area contributed by atoms with E-state index in [-0.39, 0.29) is 5.92 Å². The van der Waals surface area contributed by atoms with Crippen LogP contribution in [0.4, 0.5) is 74.6 Å². The summed E-state index contributed by atoms with van der Waals surface area (Å²) in [5.74, 6) is -53.8. The van der Waals surface area contributed by atoms with Gasteiger partial charge in [0.15, 0.2) is 0 Å². The second kappa shape index (κ2) is 8.35. The van der Waals surface area contributed by atoms with E-state index in [0.29, 0.717) is 5.92 Å². The fourth-order valence-corrected chi connectivity index (χ4v) is 1.51. The van der Waals surface area contributed by atoms with Crippen LogP contribution in [0, 0.1) is 23.7 Å². The van der Waals surface area contributed by atoms with E-state index in [1.807, 2.05) is 0 Å². The van der Waals surface area contributed by atoms with E-state index >= 15 is 0 Å². The third-order valence-electron chi connectivity index (χ3n) is 3.33. The van der Waals surface area contributed by atoms with Crippen LogP contribution in [-0.4, -0.2) is 59.3 Å². The van der Waals surface area contributed by atoms with Gasteiger partial charge in [0, 0.05) is 6.42 Å². The maximum absolute atomic E-state index is 13.4. The Hall–Kier alpha value is -2.11. The van der Waals surface area contributed by atoms with Gasteiger partial charge in [-0.2, -0.15) is 74.6 Å². The van der Waals surface area contributed by atoms with Crippen molar-refractivity contribution in [2.45, 2.75) is 54.1 Å². The number of halogens is 17.